The first-order valence-electron chi connectivity index (χ1n) is 6.92. The van der Waals surface area contributed by atoms with E-state index in [1.807, 2.05) is 11.6 Å². The van der Waals surface area contributed by atoms with Crippen molar-refractivity contribution in [1.29, 1.82) is 0 Å². The molecule has 4 heteroatoms. The van der Waals surface area contributed by atoms with Gasteiger partial charge in [0.2, 0.25) is 0 Å². The number of hydrogen-bond donors (Lipinski definition) is 1. The molecule has 2 aromatic heterocycles. The number of fused-ring (bicyclic) bond motifs is 1. The highest BCUT2D eigenvalue weighted by molar-refractivity contribution is 5.97. The van der Waals surface area contributed by atoms with Gasteiger partial charge in [-0.1, -0.05) is 18.2 Å². The van der Waals surface area contributed by atoms with E-state index in [4.69, 9.17) is 5.73 Å². The lowest BCUT2D eigenvalue weighted by Gasteiger charge is -2.07. The van der Waals surface area contributed by atoms with Gasteiger partial charge >= 0.3 is 0 Å². The van der Waals surface area contributed by atoms with E-state index in [2.05, 4.69) is 54.0 Å². The van der Waals surface area contributed by atoms with Crippen molar-refractivity contribution in [1.82, 2.24) is 14.3 Å². The van der Waals surface area contributed by atoms with Crippen LogP contribution in [0.1, 0.15) is 11.4 Å². The monoisotopic (exact) mass is 268 g/mol. The highest BCUT2D eigenvalue weighted by Crippen LogP contribution is 2.34. The third-order valence-electron chi connectivity index (χ3n) is 3.90. The van der Waals surface area contributed by atoms with Crippen LogP contribution in [0, 0.1) is 13.8 Å². The molecule has 2 N–H and O–H groups in total. The van der Waals surface area contributed by atoms with E-state index in [1.165, 1.54) is 22.2 Å². The lowest BCUT2D eigenvalue weighted by atomic mass is 10.1. The molecule has 3 aromatic rings. The molecule has 0 atom stereocenters. The molecule has 4 nitrogen and oxygen atoms in total. The third kappa shape index (κ3) is 1.84. The summed E-state index contributed by atoms with van der Waals surface area (Å²) in [5.41, 5.74) is 11.7. The van der Waals surface area contributed by atoms with Gasteiger partial charge in [-0.3, -0.25) is 4.68 Å². The summed E-state index contributed by atoms with van der Waals surface area (Å²) in [4.78, 5) is 0. The summed E-state index contributed by atoms with van der Waals surface area (Å²) in [5.74, 6) is 0. The van der Waals surface area contributed by atoms with E-state index >= 15 is 0 Å². The third-order valence-corrected chi connectivity index (χ3v) is 3.90. The van der Waals surface area contributed by atoms with E-state index in [0.29, 0.717) is 6.54 Å². The Kier molecular flexibility index (Phi) is 3.10. The van der Waals surface area contributed by atoms with Gasteiger partial charge in [-0.2, -0.15) is 5.10 Å². The summed E-state index contributed by atoms with van der Waals surface area (Å²) in [6.45, 7) is 5.52. The first-order valence-corrected chi connectivity index (χ1v) is 6.92. The van der Waals surface area contributed by atoms with Gasteiger partial charge in [0.05, 0.1) is 17.9 Å². The van der Waals surface area contributed by atoms with Crippen LogP contribution in [0.2, 0.25) is 0 Å². The standard InChI is InChI=1S/C16H20N4/c1-11-10-15(20(18-11)9-8-17)16-12(2)19(3)14-7-5-4-6-13(14)16/h4-7,10H,8-9,17H2,1-3H3. The minimum atomic E-state index is 0.595. The number of benzene rings is 1. The van der Waals surface area contributed by atoms with E-state index in [-0.39, 0.29) is 0 Å². The van der Waals surface area contributed by atoms with Crippen molar-refractivity contribution in [3.8, 4) is 11.3 Å². The fraction of sp³-hybridized carbons (Fsp3) is 0.312. The second-order valence-corrected chi connectivity index (χ2v) is 5.22. The van der Waals surface area contributed by atoms with Crippen LogP contribution < -0.4 is 5.73 Å². The lowest BCUT2D eigenvalue weighted by Crippen LogP contribution is -2.12. The summed E-state index contributed by atoms with van der Waals surface area (Å²) in [7, 11) is 2.11. The molecule has 0 aliphatic carbocycles. The van der Waals surface area contributed by atoms with Crippen molar-refractivity contribution in [2.75, 3.05) is 6.54 Å². The molecule has 1 aromatic carbocycles. The van der Waals surface area contributed by atoms with Gasteiger partial charge in [0, 0.05) is 35.8 Å². The predicted octanol–water partition coefficient (Wildman–Crippen LogP) is 2.62. The maximum Gasteiger partial charge on any atom is 0.0709 e. The minimum Gasteiger partial charge on any atom is -0.347 e. The summed E-state index contributed by atoms with van der Waals surface area (Å²) < 4.78 is 4.25. The average molecular weight is 268 g/mol. The Morgan fingerprint density at radius 3 is 2.70 bits per heavy atom. The van der Waals surface area contributed by atoms with Crippen molar-refractivity contribution in [3.05, 3.63) is 41.7 Å². The molecule has 0 amide bonds. The maximum absolute atomic E-state index is 5.71. The van der Waals surface area contributed by atoms with Crippen LogP contribution in [0.15, 0.2) is 30.3 Å². The molecule has 0 saturated carbocycles. The molecular weight excluding hydrogens is 248 g/mol. The van der Waals surface area contributed by atoms with Crippen LogP contribution in [0.25, 0.3) is 22.2 Å². The molecule has 3 rings (SSSR count). The normalized spacial score (nSPS) is 11.4. The van der Waals surface area contributed by atoms with Crippen molar-refractivity contribution in [2.45, 2.75) is 20.4 Å². The summed E-state index contributed by atoms with van der Waals surface area (Å²) in [6, 6.07) is 10.6. The molecular formula is C16H20N4. The summed E-state index contributed by atoms with van der Waals surface area (Å²) in [6.07, 6.45) is 0. The van der Waals surface area contributed by atoms with Gasteiger partial charge in [0.1, 0.15) is 0 Å². The number of aromatic nitrogens is 3. The van der Waals surface area contributed by atoms with Gasteiger partial charge in [-0.05, 0) is 26.0 Å². The van der Waals surface area contributed by atoms with Crippen molar-refractivity contribution in [3.63, 3.8) is 0 Å². The predicted molar refractivity (Wildman–Crippen MR) is 82.7 cm³/mol. The highest BCUT2D eigenvalue weighted by Gasteiger charge is 2.17. The largest absolute Gasteiger partial charge is 0.347 e. The van der Waals surface area contributed by atoms with Gasteiger partial charge in [0.25, 0.3) is 0 Å². The molecule has 0 aliphatic heterocycles. The van der Waals surface area contributed by atoms with Crippen LogP contribution in [0.4, 0.5) is 0 Å². The van der Waals surface area contributed by atoms with Gasteiger partial charge in [-0.25, -0.2) is 0 Å². The van der Waals surface area contributed by atoms with E-state index in [9.17, 15) is 0 Å². The molecule has 2 heterocycles. The van der Waals surface area contributed by atoms with E-state index in [1.54, 1.807) is 0 Å². The molecule has 104 valence electrons. The van der Waals surface area contributed by atoms with Gasteiger partial charge in [-0.15, -0.1) is 0 Å². The molecule has 0 radical (unpaired) electrons. The fourth-order valence-electron chi connectivity index (χ4n) is 2.88. The number of nitrogens with two attached hydrogens (primary N) is 1. The van der Waals surface area contributed by atoms with Crippen LogP contribution in [-0.4, -0.2) is 20.9 Å². The van der Waals surface area contributed by atoms with E-state index in [0.717, 1.165) is 17.9 Å². The number of para-hydroxylation sites is 1. The Morgan fingerprint density at radius 1 is 1.20 bits per heavy atom. The molecule has 0 bridgehead atoms. The zero-order valence-electron chi connectivity index (χ0n) is 12.2. The van der Waals surface area contributed by atoms with Crippen molar-refractivity contribution in [2.24, 2.45) is 12.8 Å². The Morgan fingerprint density at radius 2 is 1.95 bits per heavy atom. The molecule has 0 saturated heterocycles. The van der Waals surface area contributed by atoms with Crippen LogP contribution >= 0.6 is 0 Å². The minimum absolute atomic E-state index is 0.595. The molecule has 0 spiro atoms. The second kappa shape index (κ2) is 4.80. The number of rotatable bonds is 3. The van der Waals surface area contributed by atoms with Crippen LogP contribution in [-0.2, 0) is 13.6 Å². The second-order valence-electron chi connectivity index (χ2n) is 5.22. The summed E-state index contributed by atoms with van der Waals surface area (Å²) >= 11 is 0. The van der Waals surface area contributed by atoms with Gasteiger partial charge in [0.15, 0.2) is 0 Å². The molecule has 0 aliphatic rings. The Balaban J connectivity index is 2.32. The smallest absolute Gasteiger partial charge is 0.0709 e. The van der Waals surface area contributed by atoms with Gasteiger partial charge < -0.3 is 10.3 Å². The maximum atomic E-state index is 5.71. The fourth-order valence-corrected chi connectivity index (χ4v) is 2.88. The Hall–Kier alpha value is -2.07. The zero-order valence-corrected chi connectivity index (χ0v) is 12.2. The Bertz CT molecular complexity index is 764. The van der Waals surface area contributed by atoms with Crippen LogP contribution in [0.3, 0.4) is 0 Å². The molecule has 0 unspecified atom stereocenters. The molecule has 0 fully saturated rings. The van der Waals surface area contributed by atoms with E-state index < -0.39 is 0 Å². The number of nitrogens with zero attached hydrogens (tertiary/aromatic N) is 3. The zero-order chi connectivity index (χ0) is 14.3. The van der Waals surface area contributed by atoms with Crippen LogP contribution in [0.5, 0.6) is 0 Å². The summed E-state index contributed by atoms with van der Waals surface area (Å²) in [5, 5.41) is 5.83. The SMILES string of the molecule is Cc1cc(-c2c(C)n(C)c3ccccc23)n(CCN)n1. The lowest BCUT2D eigenvalue weighted by molar-refractivity contribution is 0.626. The topological polar surface area (TPSA) is 48.8 Å². The number of aryl methyl sites for hydroxylation is 2. The van der Waals surface area contributed by atoms with Crippen molar-refractivity contribution >= 4 is 10.9 Å². The average Bonchev–Trinajstić information content (AvgIpc) is 2.90. The van der Waals surface area contributed by atoms with Crippen molar-refractivity contribution < 1.29 is 0 Å². The molecule has 20 heavy (non-hydrogen) atoms. The quantitative estimate of drug-likeness (QED) is 0.794. The first kappa shape index (κ1) is 12.9. The highest BCUT2D eigenvalue weighted by atomic mass is 15.3. The first-order chi connectivity index (χ1) is 9.63. The Labute approximate surface area is 118 Å². The number of hydrogen-bond acceptors (Lipinski definition) is 2.